The largest absolute Gasteiger partial charge is 0.466 e. The second-order valence-corrected chi connectivity index (χ2v) is 7.31. The molecule has 6 nitrogen and oxygen atoms in total. The number of benzene rings is 1. The maximum Gasteiger partial charge on any atom is 0.310 e. The van der Waals surface area contributed by atoms with E-state index in [1.54, 1.807) is 23.6 Å². The van der Waals surface area contributed by atoms with Crippen LogP contribution in [0.4, 0.5) is 0 Å². The third kappa shape index (κ3) is 4.31. The van der Waals surface area contributed by atoms with Gasteiger partial charge in [-0.05, 0) is 37.3 Å². The standard InChI is InChI=1S/C21H28N2O4/c1-3-27-21(26)17-8-6-11-22(14-17)20(25)13-19-18-9-5-4-7-16(18)10-12-23(19)15(2)24/h4-5,7,9,17,19H,3,6,8,10-14H2,1-2H3. The van der Waals surface area contributed by atoms with Crippen molar-refractivity contribution in [1.29, 1.82) is 0 Å². The first-order valence-corrected chi connectivity index (χ1v) is 9.80. The fourth-order valence-electron chi connectivity index (χ4n) is 4.20. The molecule has 0 saturated carbocycles. The third-order valence-corrected chi connectivity index (χ3v) is 5.58. The molecule has 0 aromatic heterocycles. The van der Waals surface area contributed by atoms with Crippen LogP contribution < -0.4 is 0 Å². The zero-order valence-electron chi connectivity index (χ0n) is 16.1. The quantitative estimate of drug-likeness (QED) is 0.761. The number of carbonyl (C=O) groups is 3. The van der Waals surface area contributed by atoms with Crippen LogP contribution in [0, 0.1) is 5.92 Å². The molecule has 2 aliphatic rings. The number of fused-ring (bicyclic) bond motifs is 1. The minimum absolute atomic E-state index is 0.00282. The topological polar surface area (TPSA) is 66.9 Å². The van der Waals surface area contributed by atoms with Gasteiger partial charge in [-0.3, -0.25) is 14.4 Å². The Hall–Kier alpha value is -2.37. The van der Waals surface area contributed by atoms with E-state index in [4.69, 9.17) is 4.74 Å². The summed E-state index contributed by atoms with van der Waals surface area (Å²) >= 11 is 0. The van der Waals surface area contributed by atoms with Gasteiger partial charge in [-0.25, -0.2) is 0 Å². The SMILES string of the molecule is CCOC(=O)C1CCCN(C(=O)CC2c3ccccc3CCN2C(C)=O)C1. The van der Waals surface area contributed by atoms with Crippen LogP contribution in [0.3, 0.4) is 0 Å². The second-order valence-electron chi connectivity index (χ2n) is 7.31. The number of ether oxygens (including phenoxy) is 1. The smallest absolute Gasteiger partial charge is 0.310 e. The number of esters is 1. The van der Waals surface area contributed by atoms with Crippen molar-refractivity contribution in [3.8, 4) is 0 Å². The van der Waals surface area contributed by atoms with E-state index in [2.05, 4.69) is 6.07 Å². The van der Waals surface area contributed by atoms with Gasteiger partial charge in [0.05, 0.1) is 25.0 Å². The normalized spacial score (nSPS) is 22.1. The summed E-state index contributed by atoms with van der Waals surface area (Å²) in [5, 5.41) is 0. The maximum atomic E-state index is 13.0. The molecule has 1 saturated heterocycles. The Morgan fingerprint density at radius 1 is 1.19 bits per heavy atom. The highest BCUT2D eigenvalue weighted by Gasteiger charge is 2.34. The van der Waals surface area contributed by atoms with Crippen LogP contribution >= 0.6 is 0 Å². The highest BCUT2D eigenvalue weighted by Crippen LogP contribution is 2.33. The Balaban J connectivity index is 1.73. The van der Waals surface area contributed by atoms with Gasteiger partial charge in [0, 0.05) is 26.6 Å². The Bertz CT molecular complexity index is 718. The Kier molecular flexibility index (Phi) is 6.14. The molecule has 1 aromatic rings. The Labute approximate surface area is 160 Å². The van der Waals surface area contributed by atoms with Gasteiger partial charge >= 0.3 is 5.97 Å². The van der Waals surface area contributed by atoms with Gasteiger partial charge in [-0.2, -0.15) is 0 Å². The molecular weight excluding hydrogens is 344 g/mol. The molecule has 27 heavy (non-hydrogen) atoms. The summed E-state index contributed by atoms with van der Waals surface area (Å²) in [6, 6.07) is 7.80. The summed E-state index contributed by atoms with van der Waals surface area (Å²) in [5.74, 6) is -0.476. The van der Waals surface area contributed by atoms with Gasteiger partial charge < -0.3 is 14.5 Å². The molecule has 2 heterocycles. The molecule has 0 radical (unpaired) electrons. The average molecular weight is 372 g/mol. The predicted molar refractivity (Wildman–Crippen MR) is 101 cm³/mol. The molecule has 0 spiro atoms. The highest BCUT2D eigenvalue weighted by molar-refractivity contribution is 5.81. The first-order valence-electron chi connectivity index (χ1n) is 9.80. The second kappa shape index (κ2) is 8.55. The van der Waals surface area contributed by atoms with Crippen LogP contribution in [0.5, 0.6) is 0 Å². The molecule has 0 N–H and O–H groups in total. The van der Waals surface area contributed by atoms with E-state index < -0.39 is 0 Å². The summed E-state index contributed by atoms with van der Waals surface area (Å²) in [4.78, 5) is 40.7. The molecule has 1 aromatic carbocycles. The monoisotopic (exact) mass is 372 g/mol. The van der Waals surface area contributed by atoms with Crippen molar-refractivity contribution in [3.63, 3.8) is 0 Å². The summed E-state index contributed by atoms with van der Waals surface area (Å²) in [7, 11) is 0. The van der Waals surface area contributed by atoms with Gasteiger partial charge in [0.15, 0.2) is 0 Å². The van der Waals surface area contributed by atoms with Crippen LogP contribution in [-0.2, 0) is 25.5 Å². The maximum absolute atomic E-state index is 13.0. The summed E-state index contributed by atoms with van der Waals surface area (Å²) in [6.45, 7) is 5.41. The van der Waals surface area contributed by atoms with Gasteiger partial charge in [0.1, 0.15) is 0 Å². The minimum Gasteiger partial charge on any atom is -0.466 e. The van der Waals surface area contributed by atoms with E-state index in [0.29, 0.717) is 26.2 Å². The van der Waals surface area contributed by atoms with Crippen molar-refractivity contribution >= 4 is 17.8 Å². The zero-order chi connectivity index (χ0) is 19.4. The van der Waals surface area contributed by atoms with E-state index in [-0.39, 0.29) is 36.2 Å². The zero-order valence-corrected chi connectivity index (χ0v) is 16.1. The lowest BCUT2D eigenvalue weighted by Crippen LogP contribution is -2.46. The van der Waals surface area contributed by atoms with Gasteiger partial charge in [-0.15, -0.1) is 0 Å². The molecule has 3 rings (SSSR count). The van der Waals surface area contributed by atoms with Gasteiger partial charge in [0.2, 0.25) is 11.8 Å². The van der Waals surface area contributed by atoms with E-state index in [9.17, 15) is 14.4 Å². The fourth-order valence-corrected chi connectivity index (χ4v) is 4.20. The lowest BCUT2D eigenvalue weighted by Gasteiger charge is -2.38. The minimum atomic E-state index is -0.245. The average Bonchev–Trinajstić information content (AvgIpc) is 2.68. The van der Waals surface area contributed by atoms with Crippen LogP contribution in [0.15, 0.2) is 24.3 Å². The van der Waals surface area contributed by atoms with E-state index >= 15 is 0 Å². The molecule has 1 fully saturated rings. The van der Waals surface area contributed by atoms with E-state index in [1.807, 2.05) is 18.2 Å². The molecule has 2 aliphatic heterocycles. The van der Waals surface area contributed by atoms with Crippen molar-refractivity contribution in [3.05, 3.63) is 35.4 Å². The number of piperidine rings is 1. The molecular formula is C21H28N2O4. The summed E-state index contributed by atoms with van der Waals surface area (Å²) < 4.78 is 5.12. The number of hydrogen-bond acceptors (Lipinski definition) is 4. The number of amides is 2. The van der Waals surface area contributed by atoms with E-state index in [1.165, 1.54) is 5.56 Å². The van der Waals surface area contributed by atoms with Gasteiger partial charge in [0.25, 0.3) is 0 Å². The Morgan fingerprint density at radius 3 is 2.70 bits per heavy atom. The van der Waals surface area contributed by atoms with Crippen molar-refractivity contribution in [2.24, 2.45) is 5.92 Å². The first-order chi connectivity index (χ1) is 13.0. The molecule has 2 atom stereocenters. The molecule has 2 amide bonds. The van der Waals surface area contributed by atoms with Crippen molar-refractivity contribution in [2.75, 3.05) is 26.2 Å². The number of nitrogens with zero attached hydrogens (tertiary/aromatic N) is 2. The number of hydrogen-bond donors (Lipinski definition) is 0. The van der Waals surface area contributed by atoms with Gasteiger partial charge in [-0.1, -0.05) is 24.3 Å². The van der Waals surface area contributed by atoms with Crippen LogP contribution in [-0.4, -0.2) is 53.8 Å². The molecule has 0 bridgehead atoms. The van der Waals surface area contributed by atoms with Crippen LogP contribution in [0.1, 0.15) is 50.3 Å². The highest BCUT2D eigenvalue weighted by atomic mass is 16.5. The van der Waals surface area contributed by atoms with Crippen molar-refractivity contribution in [2.45, 2.75) is 45.6 Å². The predicted octanol–water partition coefficient (Wildman–Crippen LogP) is 2.32. The molecule has 2 unspecified atom stereocenters. The number of rotatable bonds is 4. The lowest BCUT2D eigenvalue weighted by atomic mass is 9.89. The Morgan fingerprint density at radius 2 is 1.96 bits per heavy atom. The van der Waals surface area contributed by atoms with Crippen molar-refractivity contribution < 1.29 is 19.1 Å². The molecule has 0 aliphatic carbocycles. The van der Waals surface area contributed by atoms with Crippen LogP contribution in [0.25, 0.3) is 0 Å². The summed E-state index contributed by atoms with van der Waals surface area (Å²) in [5.41, 5.74) is 2.27. The molecule has 146 valence electrons. The van der Waals surface area contributed by atoms with Crippen molar-refractivity contribution in [1.82, 2.24) is 9.80 Å². The molecule has 6 heteroatoms. The number of carbonyl (C=O) groups excluding carboxylic acids is 3. The third-order valence-electron chi connectivity index (χ3n) is 5.58. The summed E-state index contributed by atoms with van der Waals surface area (Å²) in [6.07, 6.45) is 2.63. The van der Waals surface area contributed by atoms with Crippen LogP contribution in [0.2, 0.25) is 0 Å². The fraction of sp³-hybridized carbons (Fsp3) is 0.571. The first kappa shape index (κ1) is 19.4. The lowest BCUT2D eigenvalue weighted by molar-refractivity contribution is -0.151. The van der Waals surface area contributed by atoms with E-state index in [0.717, 1.165) is 24.8 Å². The number of likely N-dealkylation sites (tertiary alicyclic amines) is 1.